The third kappa shape index (κ3) is 2.13. The molecular formula is C21H23NO4. The van der Waals surface area contributed by atoms with Crippen molar-refractivity contribution >= 4 is 0 Å². The van der Waals surface area contributed by atoms with Crippen molar-refractivity contribution in [1.82, 2.24) is 4.90 Å². The molecule has 0 saturated heterocycles. The monoisotopic (exact) mass is 353 g/mol. The van der Waals surface area contributed by atoms with Crippen LogP contribution in [0, 0.1) is 0 Å². The Morgan fingerprint density at radius 2 is 1.81 bits per heavy atom. The molecule has 0 unspecified atom stereocenters. The zero-order valence-corrected chi connectivity index (χ0v) is 15.4. The lowest BCUT2D eigenvalue weighted by Gasteiger charge is -2.36. The van der Waals surface area contributed by atoms with Crippen LogP contribution in [0.25, 0.3) is 11.1 Å². The van der Waals surface area contributed by atoms with Crippen LogP contribution in [0.5, 0.6) is 23.0 Å². The molecule has 0 spiro atoms. The van der Waals surface area contributed by atoms with Crippen LogP contribution in [0.3, 0.4) is 0 Å². The maximum atomic E-state index is 5.86. The third-order valence-electron chi connectivity index (χ3n) is 5.95. The molecule has 1 aliphatic carbocycles. The molecule has 0 amide bonds. The van der Waals surface area contributed by atoms with E-state index in [-0.39, 0.29) is 6.79 Å². The number of benzene rings is 2. The third-order valence-corrected chi connectivity index (χ3v) is 5.95. The van der Waals surface area contributed by atoms with Gasteiger partial charge in [-0.3, -0.25) is 4.90 Å². The van der Waals surface area contributed by atoms with Gasteiger partial charge in [-0.15, -0.1) is 0 Å². The van der Waals surface area contributed by atoms with Gasteiger partial charge in [0.1, 0.15) is 0 Å². The number of nitrogens with zero attached hydrogens (tertiary/aromatic N) is 1. The minimum absolute atomic E-state index is 0.289. The largest absolute Gasteiger partial charge is 0.493 e. The van der Waals surface area contributed by atoms with Crippen molar-refractivity contribution in [2.75, 3.05) is 34.6 Å². The maximum absolute atomic E-state index is 5.86. The molecule has 0 radical (unpaired) electrons. The average molecular weight is 353 g/mol. The summed E-state index contributed by atoms with van der Waals surface area (Å²) in [6, 6.07) is 6.81. The highest BCUT2D eigenvalue weighted by Crippen LogP contribution is 2.53. The summed E-state index contributed by atoms with van der Waals surface area (Å²) in [5.41, 5.74) is 6.37. The van der Waals surface area contributed by atoms with Crippen molar-refractivity contribution in [3.8, 4) is 34.1 Å². The van der Waals surface area contributed by atoms with Gasteiger partial charge in [-0.1, -0.05) is 0 Å². The molecule has 0 saturated carbocycles. The Balaban J connectivity index is 1.85. The highest BCUT2D eigenvalue weighted by molar-refractivity contribution is 5.84. The predicted molar refractivity (Wildman–Crippen MR) is 98.5 cm³/mol. The van der Waals surface area contributed by atoms with Crippen LogP contribution in [0.1, 0.15) is 29.2 Å². The molecule has 3 aliphatic rings. The summed E-state index contributed by atoms with van der Waals surface area (Å²) in [4.78, 5) is 2.46. The van der Waals surface area contributed by atoms with Gasteiger partial charge in [-0.25, -0.2) is 0 Å². The van der Waals surface area contributed by atoms with E-state index in [1.807, 2.05) is 0 Å². The van der Waals surface area contributed by atoms with Gasteiger partial charge >= 0.3 is 0 Å². The number of ether oxygens (including phenoxy) is 4. The normalized spacial score (nSPS) is 20.2. The number of hydrogen-bond acceptors (Lipinski definition) is 5. The van der Waals surface area contributed by atoms with E-state index in [1.54, 1.807) is 14.2 Å². The zero-order valence-electron chi connectivity index (χ0n) is 15.4. The summed E-state index contributed by atoms with van der Waals surface area (Å²) in [6.45, 7) is 1.35. The molecule has 5 heteroatoms. The van der Waals surface area contributed by atoms with Crippen LogP contribution in [-0.4, -0.2) is 39.5 Å². The van der Waals surface area contributed by atoms with Gasteiger partial charge in [-0.2, -0.15) is 0 Å². The average Bonchev–Trinajstić information content (AvgIpc) is 3.05. The van der Waals surface area contributed by atoms with Crippen LogP contribution in [0.4, 0.5) is 0 Å². The summed E-state index contributed by atoms with van der Waals surface area (Å²) in [6.07, 6.45) is 3.11. The van der Waals surface area contributed by atoms with Crippen molar-refractivity contribution in [3.05, 3.63) is 34.9 Å². The smallest absolute Gasteiger partial charge is 0.231 e. The van der Waals surface area contributed by atoms with E-state index in [4.69, 9.17) is 18.9 Å². The van der Waals surface area contributed by atoms with Gasteiger partial charge in [0, 0.05) is 18.2 Å². The van der Waals surface area contributed by atoms with Gasteiger partial charge in [0.2, 0.25) is 6.79 Å². The standard InChI is InChI=1S/C21H23NO4/c1-22-7-6-13-9-18(23-2)21(24-3)20-14-10-17-16(25-11-26-17)8-12(14)4-5-15(22)19(13)20/h8-10,15H,4-7,11H2,1-3H3/t15-/m1/s1. The van der Waals surface area contributed by atoms with E-state index < -0.39 is 0 Å². The van der Waals surface area contributed by atoms with Gasteiger partial charge < -0.3 is 18.9 Å². The Bertz CT molecular complexity index is 892. The van der Waals surface area contributed by atoms with E-state index in [1.165, 1.54) is 22.3 Å². The van der Waals surface area contributed by atoms with Crippen LogP contribution < -0.4 is 18.9 Å². The molecule has 5 rings (SSSR count). The Morgan fingerprint density at radius 1 is 1.00 bits per heavy atom. The SMILES string of the molecule is COc1cc2c3c(c1OC)-c1cc4c(cc1CC[C@H]3N(C)CC2)OCO4. The van der Waals surface area contributed by atoms with Gasteiger partial charge in [0.15, 0.2) is 23.0 Å². The molecule has 2 aromatic carbocycles. The quantitative estimate of drug-likeness (QED) is 0.825. The zero-order chi connectivity index (χ0) is 17.8. The summed E-state index contributed by atoms with van der Waals surface area (Å²) in [5, 5.41) is 0. The fourth-order valence-electron chi connectivity index (χ4n) is 4.67. The van der Waals surface area contributed by atoms with Crippen LogP contribution in [0.15, 0.2) is 18.2 Å². The Morgan fingerprint density at radius 3 is 2.58 bits per heavy atom. The van der Waals surface area contributed by atoms with Crippen LogP contribution in [0.2, 0.25) is 0 Å². The van der Waals surface area contributed by atoms with Crippen molar-refractivity contribution in [2.45, 2.75) is 25.3 Å². The first-order valence-electron chi connectivity index (χ1n) is 9.12. The van der Waals surface area contributed by atoms with Crippen molar-refractivity contribution < 1.29 is 18.9 Å². The first-order chi connectivity index (χ1) is 12.7. The Hall–Kier alpha value is -2.40. The Kier molecular flexibility index (Phi) is 3.54. The molecule has 136 valence electrons. The molecule has 2 heterocycles. The van der Waals surface area contributed by atoms with Crippen molar-refractivity contribution in [3.63, 3.8) is 0 Å². The second kappa shape index (κ2) is 5.81. The lowest BCUT2D eigenvalue weighted by molar-refractivity contribution is 0.174. The number of likely N-dealkylation sites (N-methyl/N-ethyl adjacent to an activating group) is 1. The highest BCUT2D eigenvalue weighted by atomic mass is 16.7. The van der Waals surface area contributed by atoms with Crippen molar-refractivity contribution in [2.24, 2.45) is 0 Å². The minimum Gasteiger partial charge on any atom is -0.493 e. The fourth-order valence-corrected chi connectivity index (χ4v) is 4.67. The molecule has 0 bridgehead atoms. The highest BCUT2D eigenvalue weighted by Gasteiger charge is 2.35. The first-order valence-corrected chi connectivity index (χ1v) is 9.12. The number of aryl methyl sites for hydroxylation is 1. The lowest BCUT2D eigenvalue weighted by Crippen LogP contribution is -2.32. The van der Waals surface area contributed by atoms with Gasteiger partial charge in [-0.05, 0) is 66.8 Å². The molecule has 2 aromatic rings. The molecule has 1 atom stereocenters. The van der Waals surface area contributed by atoms with E-state index in [2.05, 4.69) is 30.1 Å². The second-order valence-corrected chi connectivity index (χ2v) is 7.21. The van der Waals surface area contributed by atoms with Crippen molar-refractivity contribution in [1.29, 1.82) is 0 Å². The lowest BCUT2D eigenvalue weighted by atomic mass is 9.85. The molecule has 5 nitrogen and oxygen atoms in total. The summed E-state index contributed by atoms with van der Waals surface area (Å²) >= 11 is 0. The maximum Gasteiger partial charge on any atom is 0.231 e. The van der Waals surface area contributed by atoms with E-state index in [9.17, 15) is 0 Å². The summed E-state index contributed by atoms with van der Waals surface area (Å²) in [5.74, 6) is 3.27. The molecule has 2 aliphatic heterocycles. The second-order valence-electron chi connectivity index (χ2n) is 7.21. The number of methoxy groups -OCH3 is 2. The number of rotatable bonds is 2. The summed E-state index contributed by atoms with van der Waals surface area (Å²) in [7, 11) is 5.65. The van der Waals surface area contributed by atoms with E-state index in [0.717, 1.165) is 54.4 Å². The van der Waals surface area contributed by atoms with E-state index >= 15 is 0 Å². The molecule has 0 aromatic heterocycles. The van der Waals surface area contributed by atoms with Crippen LogP contribution in [-0.2, 0) is 12.8 Å². The number of hydrogen-bond donors (Lipinski definition) is 0. The Labute approximate surface area is 153 Å². The number of fused-ring (bicyclic) bond motifs is 3. The fraction of sp³-hybridized carbons (Fsp3) is 0.429. The summed E-state index contributed by atoms with van der Waals surface area (Å²) < 4.78 is 22.8. The van der Waals surface area contributed by atoms with Gasteiger partial charge in [0.05, 0.1) is 14.2 Å². The van der Waals surface area contributed by atoms with E-state index in [0.29, 0.717) is 6.04 Å². The van der Waals surface area contributed by atoms with Crippen LogP contribution >= 0.6 is 0 Å². The molecule has 0 fully saturated rings. The molecule has 0 N–H and O–H groups in total. The minimum atomic E-state index is 0.289. The van der Waals surface area contributed by atoms with Gasteiger partial charge in [0.25, 0.3) is 0 Å². The molecule has 26 heavy (non-hydrogen) atoms. The topological polar surface area (TPSA) is 40.2 Å². The predicted octanol–water partition coefficient (Wildman–Crippen LogP) is 3.57. The first kappa shape index (κ1) is 15.8. The molecular weight excluding hydrogens is 330 g/mol.